The number of unbranched alkanes of at least 4 members (excludes halogenated alkanes) is 39. The maximum atomic E-state index is 12.9. The fourth-order valence-electron chi connectivity index (χ4n) is 8.93. The summed E-state index contributed by atoms with van der Waals surface area (Å²) < 4.78 is 16.9. The van der Waals surface area contributed by atoms with E-state index in [1.54, 1.807) is 0 Å². The maximum absolute atomic E-state index is 12.9. The zero-order valence-electron chi connectivity index (χ0n) is 46.1. The van der Waals surface area contributed by atoms with Crippen molar-refractivity contribution in [1.29, 1.82) is 0 Å². The molecule has 0 saturated heterocycles. The predicted octanol–water partition coefficient (Wildman–Crippen LogP) is 20.2. The summed E-state index contributed by atoms with van der Waals surface area (Å²) in [6.45, 7) is 6.52. The Balaban J connectivity index is 4.32. The van der Waals surface area contributed by atoms with E-state index in [9.17, 15) is 14.4 Å². The Hall–Kier alpha value is -2.63. The first-order valence-electron chi connectivity index (χ1n) is 30.2. The topological polar surface area (TPSA) is 78.9 Å². The first-order chi connectivity index (χ1) is 34.0. The van der Waals surface area contributed by atoms with Crippen LogP contribution in [0.2, 0.25) is 0 Å². The molecule has 0 radical (unpaired) electrons. The van der Waals surface area contributed by atoms with Crippen LogP contribution in [0.15, 0.2) is 48.6 Å². The highest BCUT2D eigenvalue weighted by Gasteiger charge is 2.19. The lowest BCUT2D eigenvalue weighted by Gasteiger charge is -2.18. The van der Waals surface area contributed by atoms with E-state index in [0.717, 1.165) is 70.6 Å². The Bertz CT molecular complexity index is 1200. The summed E-state index contributed by atoms with van der Waals surface area (Å²) in [4.78, 5) is 38.2. The highest BCUT2D eigenvalue weighted by atomic mass is 16.6. The molecule has 0 heterocycles. The van der Waals surface area contributed by atoms with Crippen molar-refractivity contribution >= 4 is 17.9 Å². The summed E-state index contributed by atoms with van der Waals surface area (Å²) in [6, 6.07) is 0. The molecule has 0 amide bonds. The number of hydrogen-bond donors (Lipinski definition) is 0. The van der Waals surface area contributed by atoms with E-state index in [1.807, 2.05) is 24.3 Å². The molecule has 69 heavy (non-hydrogen) atoms. The van der Waals surface area contributed by atoms with Crippen LogP contribution >= 0.6 is 0 Å². The van der Waals surface area contributed by atoms with Crippen LogP contribution in [-0.4, -0.2) is 37.2 Å². The summed E-state index contributed by atoms with van der Waals surface area (Å²) in [6.07, 6.45) is 71.2. The summed E-state index contributed by atoms with van der Waals surface area (Å²) >= 11 is 0. The second-order valence-electron chi connectivity index (χ2n) is 20.3. The predicted molar refractivity (Wildman–Crippen MR) is 298 cm³/mol. The molecule has 0 N–H and O–H groups in total. The lowest BCUT2D eigenvalue weighted by Crippen LogP contribution is -2.30. The van der Waals surface area contributed by atoms with Crippen molar-refractivity contribution in [2.45, 2.75) is 322 Å². The quantitative estimate of drug-likeness (QED) is 0.0262. The SMILES string of the molecule is CC\C=C/C=C\C=C/C=C\CCCCCC(=O)OCC(COC(=O)CCCCCCCCCCCCCCCCCCCCC)OC(=O)CCCCCCCCCCCCCCCCCCCCC. The van der Waals surface area contributed by atoms with Crippen LogP contribution in [0.25, 0.3) is 0 Å². The highest BCUT2D eigenvalue weighted by molar-refractivity contribution is 5.71. The second kappa shape index (κ2) is 57.9. The van der Waals surface area contributed by atoms with Gasteiger partial charge in [-0.15, -0.1) is 0 Å². The summed E-state index contributed by atoms with van der Waals surface area (Å²) in [5.41, 5.74) is 0. The van der Waals surface area contributed by atoms with E-state index in [2.05, 4.69) is 45.1 Å². The molecule has 1 atom stereocenters. The zero-order chi connectivity index (χ0) is 50.0. The van der Waals surface area contributed by atoms with Gasteiger partial charge in [-0.2, -0.15) is 0 Å². The molecule has 0 aromatic heterocycles. The first kappa shape index (κ1) is 66.4. The van der Waals surface area contributed by atoms with Gasteiger partial charge in [-0.3, -0.25) is 14.4 Å². The molecule has 0 aromatic carbocycles. The zero-order valence-corrected chi connectivity index (χ0v) is 46.1. The van der Waals surface area contributed by atoms with Crippen molar-refractivity contribution in [2.24, 2.45) is 0 Å². The largest absolute Gasteiger partial charge is 0.462 e. The molecular weight excluding hydrogens is 853 g/mol. The van der Waals surface area contributed by atoms with Crippen LogP contribution in [0, 0.1) is 0 Å². The fourth-order valence-corrected chi connectivity index (χ4v) is 8.93. The molecule has 6 heteroatoms. The number of allylic oxidation sites excluding steroid dienone is 8. The molecular formula is C63H114O6. The van der Waals surface area contributed by atoms with Gasteiger partial charge >= 0.3 is 17.9 Å². The Morgan fingerprint density at radius 2 is 0.565 bits per heavy atom. The van der Waals surface area contributed by atoms with Crippen molar-refractivity contribution in [2.75, 3.05) is 13.2 Å². The van der Waals surface area contributed by atoms with Crippen molar-refractivity contribution in [1.82, 2.24) is 0 Å². The molecule has 1 unspecified atom stereocenters. The molecule has 0 aliphatic carbocycles. The van der Waals surface area contributed by atoms with Gasteiger partial charge in [-0.05, 0) is 38.5 Å². The van der Waals surface area contributed by atoms with Crippen LogP contribution in [0.3, 0.4) is 0 Å². The standard InChI is InChI=1S/C63H114O6/c1-4-7-10-13-16-19-22-25-27-29-31-33-35-38-41-44-47-50-53-56-62(65)68-59-60(58-67-61(64)55-52-49-46-43-40-37-24-21-18-15-12-9-6-3)69-63(66)57-54-51-48-45-42-39-36-34-32-30-28-26-23-20-17-14-11-8-5-2/h9,12,15,18,21,24,37,40,60H,4-8,10-11,13-14,16-17,19-20,22-23,25-36,38-39,41-59H2,1-3H3/b12-9-,18-15-,24-21-,40-37-. The number of carbonyl (C=O) groups excluding carboxylic acids is 3. The third-order valence-corrected chi connectivity index (χ3v) is 13.4. The highest BCUT2D eigenvalue weighted by Crippen LogP contribution is 2.18. The summed E-state index contributed by atoms with van der Waals surface area (Å²) in [5, 5.41) is 0. The van der Waals surface area contributed by atoms with Crippen LogP contribution in [0.4, 0.5) is 0 Å². The van der Waals surface area contributed by atoms with E-state index in [1.165, 1.54) is 205 Å². The lowest BCUT2D eigenvalue weighted by molar-refractivity contribution is -0.167. The van der Waals surface area contributed by atoms with Gasteiger partial charge in [-0.1, -0.05) is 307 Å². The van der Waals surface area contributed by atoms with E-state index in [-0.39, 0.29) is 31.1 Å². The van der Waals surface area contributed by atoms with Crippen LogP contribution in [0.1, 0.15) is 316 Å². The normalized spacial score (nSPS) is 12.3. The first-order valence-corrected chi connectivity index (χ1v) is 30.2. The lowest BCUT2D eigenvalue weighted by atomic mass is 10.0. The van der Waals surface area contributed by atoms with Gasteiger partial charge in [0.2, 0.25) is 0 Å². The number of esters is 3. The maximum Gasteiger partial charge on any atom is 0.306 e. The van der Waals surface area contributed by atoms with E-state index in [4.69, 9.17) is 14.2 Å². The molecule has 0 fully saturated rings. The average molecular weight is 968 g/mol. The minimum atomic E-state index is -0.786. The van der Waals surface area contributed by atoms with Crippen molar-refractivity contribution in [3.63, 3.8) is 0 Å². The third kappa shape index (κ3) is 56.2. The molecule has 0 aliphatic heterocycles. The molecule has 0 saturated carbocycles. The van der Waals surface area contributed by atoms with Crippen molar-refractivity contribution < 1.29 is 28.6 Å². The molecule has 0 aliphatic rings. The Morgan fingerprint density at radius 1 is 0.304 bits per heavy atom. The summed E-state index contributed by atoms with van der Waals surface area (Å²) in [5.74, 6) is -0.902. The van der Waals surface area contributed by atoms with Gasteiger partial charge in [0.05, 0.1) is 0 Å². The smallest absolute Gasteiger partial charge is 0.306 e. The molecule has 0 rings (SSSR count). The molecule has 402 valence electrons. The Kier molecular flexibility index (Phi) is 55.7. The van der Waals surface area contributed by atoms with Gasteiger partial charge in [0.15, 0.2) is 6.10 Å². The van der Waals surface area contributed by atoms with Crippen LogP contribution < -0.4 is 0 Å². The Labute approximate surface area is 428 Å². The monoisotopic (exact) mass is 967 g/mol. The van der Waals surface area contributed by atoms with E-state index < -0.39 is 6.10 Å². The fraction of sp³-hybridized carbons (Fsp3) is 0.825. The minimum absolute atomic E-state index is 0.0812. The number of carbonyl (C=O) groups is 3. The van der Waals surface area contributed by atoms with E-state index in [0.29, 0.717) is 19.3 Å². The van der Waals surface area contributed by atoms with Gasteiger partial charge in [0.25, 0.3) is 0 Å². The third-order valence-electron chi connectivity index (χ3n) is 13.4. The molecule has 0 bridgehead atoms. The summed E-state index contributed by atoms with van der Waals surface area (Å²) in [7, 11) is 0. The molecule has 6 nitrogen and oxygen atoms in total. The minimum Gasteiger partial charge on any atom is -0.462 e. The van der Waals surface area contributed by atoms with Gasteiger partial charge in [-0.25, -0.2) is 0 Å². The second-order valence-corrected chi connectivity index (χ2v) is 20.3. The van der Waals surface area contributed by atoms with Crippen LogP contribution in [0.5, 0.6) is 0 Å². The average Bonchev–Trinajstić information content (AvgIpc) is 3.35. The van der Waals surface area contributed by atoms with Gasteiger partial charge in [0.1, 0.15) is 13.2 Å². The van der Waals surface area contributed by atoms with Crippen molar-refractivity contribution in [3.05, 3.63) is 48.6 Å². The van der Waals surface area contributed by atoms with Crippen molar-refractivity contribution in [3.8, 4) is 0 Å². The van der Waals surface area contributed by atoms with Gasteiger partial charge < -0.3 is 14.2 Å². The number of ether oxygens (including phenoxy) is 3. The molecule has 0 aromatic rings. The van der Waals surface area contributed by atoms with Gasteiger partial charge in [0, 0.05) is 19.3 Å². The van der Waals surface area contributed by atoms with E-state index >= 15 is 0 Å². The molecule has 0 spiro atoms. The Morgan fingerprint density at radius 3 is 0.884 bits per heavy atom. The van der Waals surface area contributed by atoms with Crippen LogP contribution in [-0.2, 0) is 28.6 Å². The number of hydrogen-bond acceptors (Lipinski definition) is 6. The number of rotatable bonds is 55.